The lowest BCUT2D eigenvalue weighted by atomic mass is 10.00. The van der Waals surface area contributed by atoms with Gasteiger partial charge in [-0.25, -0.2) is 0 Å². The van der Waals surface area contributed by atoms with Gasteiger partial charge in [0.25, 0.3) is 5.56 Å². The molecular formula is C26H35N5O2. The van der Waals surface area contributed by atoms with E-state index in [1.54, 1.807) is 6.07 Å². The average Bonchev–Trinajstić information content (AvgIpc) is 3.46. The molecule has 176 valence electrons. The van der Waals surface area contributed by atoms with Gasteiger partial charge >= 0.3 is 0 Å². The highest BCUT2D eigenvalue weighted by atomic mass is 16.5. The maximum Gasteiger partial charge on any atom is 0.250 e. The molecule has 0 bridgehead atoms. The van der Waals surface area contributed by atoms with Crippen LogP contribution >= 0.6 is 0 Å². The van der Waals surface area contributed by atoms with Crippen LogP contribution in [0.1, 0.15) is 38.5 Å². The zero-order chi connectivity index (χ0) is 22.2. The van der Waals surface area contributed by atoms with E-state index in [4.69, 9.17) is 4.74 Å². The maximum atomic E-state index is 12.1. The number of nitrogens with one attached hydrogen (secondary N) is 1. The van der Waals surface area contributed by atoms with Crippen molar-refractivity contribution in [1.29, 1.82) is 0 Å². The van der Waals surface area contributed by atoms with E-state index in [-0.39, 0.29) is 5.56 Å². The molecule has 7 nitrogen and oxygen atoms in total. The second-order valence-corrected chi connectivity index (χ2v) is 10.8. The highest BCUT2D eigenvalue weighted by Crippen LogP contribution is 2.39. The summed E-state index contributed by atoms with van der Waals surface area (Å²) in [5.41, 5.74) is 1.83. The molecule has 2 aliphatic heterocycles. The Morgan fingerprint density at radius 1 is 0.909 bits per heavy atom. The number of anilines is 1. The zero-order valence-corrected chi connectivity index (χ0v) is 19.4. The lowest BCUT2D eigenvalue weighted by Gasteiger charge is -2.27. The highest BCUT2D eigenvalue weighted by Gasteiger charge is 2.41. The lowest BCUT2D eigenvalue weighted by Crippen LogP contribution is -2.32. The number of fused-ring (bicyclic) bond motifs is 1. The molecule has 0 amide bonds. The number of aromatic nitrogens is 3. The van der Waals surface area contributed by atoms with E-state index < -0.39 is 0 Å². The minimum Gasteiger partial charge on any atom is -0.381 e. The van der Waals surface area contributed by atoms with E-state index in [1.807, 2.05) is 29.0 Å². The molecule has 3 atom stereocenters. The third-order valence-corrected chi connectivity index (χ3v) is 8.13. The van der Waals surface area contributed by atoms with Crippen LogP contribution in [-0.4, -0.2) is 58.6 Å². The van der Waals surface area contributed by atoms with Crippen molar-refractivity contribution in [3.63, 3.8) is 0 Å². The van der Waals surface area contributed by atoms with E-state index in [0.29, 0.717) is 12.0 Å². The summed E-state index contributed by atoms with van der Waals surface area (Å²) in [6.07, 6.45) is 9.30. The Hall–Kier alpha value is -2.25. The van der Waals surface area contributed by atoms with Crippen LogP contribution in [0.2, 0.25) is 0 Å². The van der Waals surface area contributed by atoms with Gasteiger partial charge in [0, 0.05) is 63.3 Å². The molecule has 2 aromatic rings. The zero-order valence-electron chi connectivity index (χ0n) is 19.4. The van der Waals surface area contributed by atoms with Crippen molar-refractivity contribution in [3.8, 4) is 11.3 Å². The van der Waals surface area contributed by atoms with Gasteiger partial charge in [0.15, 0.2) is 0 Å². The normalized spacial score (nSPS) is 28.2. The third-order valence-electron chi connectivity index (χ3n) is 8.13. The van der Waals surface area contributed by atoms with Crippen LogP contribution in [0.5, 0.6) is 0 Å². The van der Waals surface area contributed by atoms with Crippen LogP contribution in [0.15, 0.2) is 35.3 Å². The fraction of sp³-hybridized carbons (Fsp3) is 0.654. The van der Waals surface area contributed by atoms with Crippen molar-refractivity contribution in [1.82, 2.24) is 19.7 Å². The SMILES string of the molecule is O=c1ccc(-c2ccc(NC3C[C@@H]4CN(CC5CCOCC5)C[C@@H]4C3)nn2)cn1CC1CC1. The summed E-state index contributed by atoms with van der Waals surface area (Å²) in [5.74, 6) is 3.96. The Morgan fingerprint density at radius 3 is 2.36 bits per heavy atom. The van der Waals surface area contributed by atoms with Crippen molar-refractivity contribution in [2.45, 2.75) is 51.1 Å². The predicted molar refractivity (Wildman–Crippen MR) is 128 cm³/mol. The van der Waals surface area contributed by atoms with E-state index >= 15 is 0 Å². The third kappa shape index (κ3) is 4.99. The van der Waals surface area contributed by atoms with Crippen LogP contribution < -0.4 is 10.9 Å². The van der Waals surface area contributed by atoms with Crippen molar-refractivity contribution >= 4 is 5.82 Å². The Morgan fingerprint density at radius 2 is 1.67 bits per heavy atom. The van der Waals surface area contributed by atoms with Gasteiger partial charge in [-0.05, 0) is 80.4 Å². The van der Waals surface area contributed by atoms with Gasteiger partial charge < -0.3 is 19.5 Å². The van der Waals surface area contributed by atoms with Gasteiger partial charge in [-0.2, -0.15) is 0 Å². The number of hydrogen-bond donors (Lipinski definition) is 1. The molecule has 0 spiro atoms. The van der Waals surface area contributed by atoms with Gasteiger partial charge in [0.1, 0.15) is 5.82 Å². The van der Waals surface area contributed by atoms with Gasteiger partial charge in [-0.15, -0.1) is 10.2 Å². The summed E-state index contributed by atoms with van der Waals surface area (Å²) in [6, 6.07) is 8.04. The molecule has 6 rings (SSSR count). The molecular weight excluding hydrogens is 414 g/mol. The van der Waals surface area contributed by atoms with Crippen LogP contribution in [0.25, 0.3) is 11.3 Å². The highest BCUT2D eigenvalue weighted by molar-refractivity contribution is 5.58. The molecule has 33 heavy (non-hydrogen) atoms. The molecule has 4 aliphatic rings. The quantitative estimate of drug-likeness (QED) is 0.700. The number of likely N-dealkylation sites (tertiary alicyclic amines) is 1. The summed E-state index contributed by atoms with van der Waals surface area (Å²) < 4.78 is 7.34. The van der Waals surface area contributed by atoms with E-state index in [2.05, 4.69) is 20.4 Å². The largest absolute Gasteiger partial charge is 0.381 e. The number of nitrogens with zero attached hydrogens (tertiary/aromatic N) is 4. The number of hydrogen-bond acceptors (Lipinski definition) is 6. The number of rotatable bonds is 7. The molecule has 0 aromatic carbocycles. The summed E-state index contributed by atoms with van der Waals surface area (Å²) in [5, 5.41) is 12.6. The fourth-order valence-electron chi connectivity index (χ4n) is 6.13. The average molecular weight is 450 g/mol. The van der Waals surface area contributed by atoms with Crippen LogP contribution in [0.3, 0.4) is 0 Å². The molecule has 4 fully saturated rings. The first-order chi connectivity index (χ1) is 16.2. The first kappa shape index (κ1) is 21.3. The topological polar surface area (TPSA) is 72.3 Å². The van der Waals surface area contributed by atoms with Crippen LogP contribution in [0, 0.1) is 23.7 Å². The standard InChI is InChI=1S/C26H35N5O2/c32-26-6-3-20(17-31(26)14-18-1-2-18)24-4-5-25(29-28-24)27-23-11-21-15-30(16-22(21)12-23)13-19-7-9-33-10-8-19/h3-6,17-19,21-23H,1-2,7-16H2,(H,27,29)/t21-,22+,23?. The molecule has 2 saturated carbocycles. The van der Waals surface area contributed by atoms with E-state index in [0.717, 1.165) is 54.6 Å². The monoisotopic (exact) mass is 449 g/mol. The number of pyridine rings is 1. The minimum atomic E-state index is 0.0648. The second-order valence-electron chi connectivity index (χ2n) is 10.8. The Bertz CT molecular complexity index is 998. The van der Waals surface area contributed by atoms with Crippen molar-refractivity contribution < 1.29 is 4.74 Å². The molecule has 1 unspecified atom stereocenters. The van der Waals surface area contributed by atoms with Gasteiger partial charge in [0.2, 0.25) is 0 Å². The molecule has 1 N–H and O–H groups in total. The fourth-order valence-corrected chi connectivity index (χ4v) is 6.13. The predicted octanol–water partition coefficient (Wildman–Crippen LogP) is 3.26. The molecule has 2 aliphatic carbocycles. The van der Waals surface area contributed by atoms with Gasteiger partial charge in [-0.3, -0.25) is 4.79 Å². The maximum absolute atomic E-state index is 12.1. The smallest absolute Gasteiger partial charge is 0.250 e. The first-order valence-corrected chi connectivity index (χ1v) is 12.8. The summed E-state index contributed by atoms with van der Waals surface area (Å²) in [6.45, 7) is 6.47. The summed E-state index contributed by atoms with van der Waals surface area (Å²) >= 11 is 0. The molecule has 4 heterocycles. The minimum absolute atomic E-state index is 0.0648. The Balaban J connectivity index is 1.02. The summed E-state index contributed by atoms with van der Waals surface area (Å²) in [7, 11) is 0. The molecule has 2 saturated heterocycles. The second kappa shape index (κ2) is 9.18. The van der Waals surface area contributed by atoms with Crippen molar-refractivity contribution in [3.05, 3.63) is 40.8 Å². The number of ether oxygens (including phenoxy) is 1. The molecule has 2 aromatic heterocycles. The molecule has 7 heteroatoms. The molecule has 0 radical (unpaired) electrons. The summed E-state index contributed by atoms with van der Waals surface area (Å²) in [4.78, 5) is 14.8. The lowest BCUT2D eigenvalue weighted by molar-refractivity contribution is 0.0545. The van der Waals surface area contributed by atoms with Gasteiger partial charge in [-0.1, -0.05) is 0 Å². The Labute approximate surface area is 195 Å². The Kier molecular flexibility index (Phi) is 5.93. The van der Waals surface area contributed by atoms with E-state index in [9.17, 15) is 4.79 Å². The van der Waals surface area contributed by atoms with E-state index in [1.165, 1.54) is 58.2 Å². The van der Waals surface area contributed by atoms with Crippen molar-refractivity contribution in [2.24, 2.45) is 23.7 Å². The first-order valence-electron chi connectivity index (χ1n) is 12.8. The van der Waals surface area contributed by atoms with Gasteiger partial charge in [0.05, 0.1) is 5.69 Å². The van der Waals surface area contributed by atoms with Crippen molar-refractivity contribution in [2.75, 3.05) is 38.2 Å². The van der Waals surface area contributed by atoms with Crippen LogP contribution in [-0.2, 0) is 11.3 Å². The van der Waals surface area contributed by atoms with Crippen LogP contribution in [0.4, 0.5) is 5.82 Å².